The summed E-state index contributed by atoms with van der Waals surface area (Å²) in [6.45, 7) is 5.47. The first-order valence-corrected chi connectivity index (χ1v) is 8.01. The van der Waals surface area contributed by atoms with Crippen LogP contribution < -0.4 is 4.74 Å². The van der Waals surface area contributed by atoms with Crippen LogP contribution >= 0.6 is 0 Å². The highest BCUT2D eigenvalue weighted by atomic mass is 16.5. The summed E-state index contributed by atoms with van der Waals surface area (Å²) >= 11 is 0. The molecular formula is C18H27NO2. The number of ether oxygens (including phenoxy) is 1. The minimum atomic E-state index is 0.0558. The van der Waals surface area contributed by atoms with Gasteiger partial charge in [-0.05, 0) is 57.7 Å². The number of nitrogens with zero attached hydrogens (tertiary/aromatic N) is 1. The maximum absolute atomic E-state index is 11.6. The van der Waals surface area contributed by atoms with Crippen LogP contribution in [0.4, 0.5) is 0 Å². The van der Waals surface area contributed by atoms with Crippen LogP contribution in [0.5, 0.6) is 5.75 Å². The highest BCUT2D eigenvalue weighted by molar-refractivity contribution is 5.96. The molecule has 0 atom stereocenters. The van der Waals surface area contributed by atoms with Gasteiger partial charge in [0.2, 0.25) is 0 Å². The summed E-state index contributed by atoms with van der Waals surface area (Å²) in [5, 5.41) is 0. The SMILES string of the molecule is CC(=O)c1ccccc1OCCN(C)C1CCC(C)CC1. The molecule has 3 nitrogen and oxygen atoms in total. The van der Waals surface area contributed by atoms with E-state index in [1.165, 1.54) is 25.7 Å². The standard InChI is InChI=1S/C18H27NO2/c1-14-8-10-16(11-9-14)19(3)12-13-21-18-7-5-4-6-17(18)15(2)20/h4-7,14,16H,8-13H2,1-3H3. The number of para-hydroxylation sites is 1. The normalized spacial score (nSPS) is 22.3. The van der Waals surface area contributed by atoms with Gasteiger partial charge in [0.25, 0.3) is 0 Å². The van der Waals surface area contributed by atoms with Gasteiger partial charge in [-0.3, -0.25) is 4.79 Å². The van der Waals surface area contributed by atoms with Crippen molar-refractivity contribution in [2.45, 2.75) is 45.6 Å². The Bertz CT molecular complexity index is 464. The smallest absolute Gasteiger partial charge is 0.163 e. The molecule has 1 aromatic carbocycles. The first kappa shape index (κ1) is 16.0. The molecule has 116 valence electrons. The van der Waals surface area contributed by atoms with Crippen molar-refractivity contribution in [2.24, 2.45) is 5.92 Å². The molecule has 1 saturated carbocycles. The zero-order valence-corrected chi connectivity index (χ0v) is 13.5. The molecule has 0 aliphatic heterocycles. The summed E-state index contributed by atoms with van der Waals surface area (Å²) in [5.74, 6) is 1.64. The fourth-order valence-electron chi connectivity index (χ4n) is 3.05. The van der Waals surface area contributed by atoms with E-state index in [9.17, 15) is 4.79 Å². The van der Waals surface area contributed by atoms with Crippen LogP contribution in [0.2, 0.25) is 0 Å². The maximum Gasteiger partial charge on any atom is 0.163 e. The first-order chi connectivity index (χ1) is 10.1. The van der Waals surface area contributed by atoms with Crippen molar-refractivity contribution >= 4 is 5.78 Å². The van der Waals surface area contributed by atoms with Gasteiger partial charge in [0.1, 0.15) is 12.4 Å². The molecule has 2 rings (SSSR count). The summed E-state index contributed by atoms with van der Waals surface area (Å²) in [6.07, 6.45) is 5.26. The number of hydrogen-bond donors (Lipinski definition) is 0. The highest BCUT2D eigenvalue weighted by Gasteiger charge is 2.21. The minimum Gasteiger partial charge on any atom is -0.491 e. The Hall–Kier alpha value is -1.35. The van der Waals surface area contributed by atoms with Crippen molar-refractivity contribution in [3.63, 3.8) is 0 Å². The van der Waals surface area contributed by atoms with Crippen molar-refractivity contribution in [2.75, 3.05) is 20.2 Å². The average Bonchev–Trinajstić information content (AvgIpc) is 2.48. The van der Waals surface area contributed by atoms with Gasteiger partial charge in [-0.2, -0.15) is 0 Å². The molecule has 3 heteroatoms. The lowest BCUT2D eigenvalue weighted by Gasteiger charge is -2.33. The molecule has 1 fully saturated rings. The van der Waals surface area contributed by atoms with E-state index in [-0.39, 0.29) is 5.78 Å². The van der Waals surface area contributed by atoms with Crippen LogP contribution in [-0.2, 0) is 0 Å². The summed E-state index contributed by atoms with van der Waals surface area (Å²) in [6, 6.07) is 8.17. The van der Waals surface area contributed by atoms with Crippen molar-refractivity contribution < 1.29 is 9.53 Å². The first-order valence-electron chi connectivity index (χ1n) is 8.01. The van der Waals surface area contributed by atoms with Gasteiger partial charge in [0.05, 0.1) is 5.56 Å². The van der Waals surface area contributed by atoms with E-state index in [1.807, 2.05) is 24.3 Å². The van der Waals surface area contributed by atoms with Gasteiger partial charge in [0, 0.05) is 12.6 Å². The van der Waals surface area contributed by atoms with Gasteiger partial charge < -0.3 is 9.64 Å². The summed E-state index contributed by atoms with van der Waals surface area (Å²) in [4.78, 5) is 14.0. The molecule has 0 radical (unpaired) electrons. The Morgan fingerprint density at radius 1 is 1.24 bits per heavy atom. The molecule has 1 aromatic rings. The topological polar surface area (TPSA) is 29.5 Å². The zero-order chi connectivity index (χ0) is 15.2. The van der Waals surface area contributed by atoms with Gasteiger partial charge in [-0.25, -0.2) is 0 Å². The molecule has 0 saturated heterocycles. The van der Waals surface area contributed by atoms with Gasteiger partial charge >= 0.3 is 0 Å². The molecule has 0 amide bonds. The summed E-state index contributed by atoms with van der Waals surface area (Å²) in [7, 11) is 2.18. The largest absolute Gasteiger partial charge is 0.491 e. The molecule has 0 N–H and O–H groups in total. The van der Waals surface area contributed by atoms with Crippen LogP contribution in [-0.4, -0.2) is 36.9 Å². The number of Topliss-reactive ketones (excluding diaryl/α,β-unsaturated/α-hetero) is 1. The summed E-state index contributed by atoms with van der Waals surface area (Å²) in [5.41, 5.74) is 0.673. The number of carbonyl (C=O) groups is 1. The molecule has 0 unspecified atom stereocenters. The Morgan fingerprint density at radius 3 is 2.57 bits per heavy atom. The third-order valence-corrected chi connectivity index (χ3v) is 4.58. The Morgan fingerprint density at radius 2 is 1.90 bits per heavy atom. The Balaban J connectivity index is 1.80. The monoisotopic (exact) mass is 289 g/mol. The predicted octanol–water partition coefficient (Wildman–Crippen LogP) is 3.78. The molecule has 0 spiro atoms. The van der Waals surface area contributed by atoms with E-state index in [1.54, 1.807) is 6.92 Å². The predicted molar refractivity (Wildman–Crippen MR) is 86.0 cm³/mol. The van der Waals surface area contributed by atoms with Crippen LogP contribution in [0.25, 0.3) is 0 Å². The lowest BCUT2D eigenvalue weighted by Crippen LogP contribution is -2.37. The van der Waals surface area contributed by atoms with Crippen LogP contribution in [0.15, 0.2) is 24.3 Å². The fourth-order valence-corrected chi connectivity index (χ4v) is 3.05. The number of hydrogen-bond acceptors (Lipinski definition) is 3. The third-order valence-electron chi connectivity index (χ3n) is 4.58. The molecule has 1 aliphatic carbocycles. The second-order valence-electron chi connectivity index (χ2n) is 6.30. The van der Waals surface area contributed by atoms with Gasteiger partial charge in [-0.15, -0.1) is 0 Å². The second-order valence-corrected chi connectivity index (χ2v) is 6.30. The van der Waals surface area contributed by atoms with E-state index < -0.39 is 0 Å². The molecule has 0 heterocycles. The lowest BCUT2D eigenvalue weighted by molar-refractivity contribution is 0.101. The van der Waals surface area contributed by atoms with E-state index in [2.05, 4.69) is 18.9 Å². The Labute approximate surface area is 128 Å². The van der Waals surface area contributed by atoms with Crippen molar-refractivity contribution in [3.05, 3.63) is 29.8 Å². The van der Waals surface area contributed by atoms with Crippen molar-refractivity contribution in [1.82, 2.24) is 4.90 Å². The van der Waals surface area contributed by atoms with E-state index >= 15 is 0 Å². The fraction of sp³-hybridized carbons (Fsp3) is 0.611. The molecule has 21 heavy (non-hydrogen) atoms. The van der Waals surface area contributed by atoms with Crippen LogP contribution in [0.1, 0.15) is 49.9 Å². The van der Waals surface area contributed by atoms with E-state index in [0.29, 0.717) is 24.0 Å². The minimum absolute atomic E-state index is 0.0558. The van der Waals surface area contributed by atoms with Gasteiger partial charge in [0.15, 0.2) is 5.78 Å². The lowest BCUT2D eigenvalue weighted by atomic mass is 9.87. The number of benzene rings is 1. The van der Waals surface area contributed by atoms with Crippen molar-refractivity contribution in [3.8, 4) is 5.75 Å². The second kappa shape index (κ2) is 7.60. The highest BCUT2D eigenvalue weighted by Crippen LogP contribution is 2.26. The zero-order valence-electron chi connectivity index (χ0n) is 13.5. The third kappa shape index (κ3) is 4.57. The van der Waals surface area contributed by atoms with Crippen LogP contribution in [0.3, 0.4) is 0 Å². The van der Waals surface area contributed by atoms with E-state index in [0.717, 1.165) is 12.5 Å². The van der Waals surface area contributed by atoms with Crippen molar-refractivity contribution in [1.29, 1.82) is 0 Å². The molecule has 1 aliphatic rings. The number of carbonyl (C=O) groups excluding carboxylic acids is 1. The number of rotatable bonds is 6. The number of likely N-dealkylation sites (N-methyl/N-ethyl adjacent to an activating group) is 1. The quantitative estimate of drug-likeness (QED) is 0.746. The summed E-state index contributed by atoms with van der Waals surface area (Å²) < 4.78 is 5.82. The molecular weight excluding hydrogens is 262 g/mol. The molecule has 0 bridgehead atoms. The Kier molecular flexibility index (Phi) is 5.80. The van der Waals surface area contributed by atoms with Gasteiger partial charge in [-0.1, -0.05) is 19.1 Å². The van der Waals surface area contributed by atoms with Crippen LogP contribution in [0, 0.1) is 5.92 Å². The maximum atomic E-state index is 11.6. The number of ketones is 1. The molecule has 0 aromatic heterocycles. The van der Waals surface area contributed by atoms with E-state index in [4.69, 9.17) is 4.74 Å². The average molecular weight is 289 g/mol.